The van der Waals surface area contributed by atoms with Gasteiger partial charge in [-0.15, -0.1) is 0 Å². The van der Waals surface area contributed by atoms with Crippen LogP contribution in [0.15, 0.2) is 47.4 Å². The number of rotatable bonds is 5. The average molecular weight is 350 g/mol. The van der Waals surface area contributed by atoms with E-state index in [9.17, 15) is 17.6 Å². The van der Waals surface area contributed by atoms with Crippen LogP contribution in [-0.2, 0) is 14.9 Å². The van der Waals surface area contributed by atoms with E-state index in [1.165, 1.54) is 6.08 Å². The third-order valence-corrected chi connectivity index (χ3v) is 4.43. The highest BCUT2D eigenvalue weighted by Gasteiger charge is 2.19. The molecule has 0 radical (unpaired) electrons. The summed E-state index contributed by atoms with van der Waals surface area (Å²) in [4.78, 5) is 10.4. The Hall–Kier alpha value is -2.67. The molecule has 0 aliphatic heterocycles. The summed E-state index contributed by atoms with van der Waals surface area (Å²) in [6.07, 6.45) is 2.39. The summed E-state index contributed by atoms with van der Waals surface area (Å²) in [5, 5.41) is 8.65. The van der Waals surface area contributed by atoms with E-state index in [0.717, 1.165) is 30.3 Å². The van der Waals surface area contributed by atoms with Crippen LogP contribution in [0.25, 0.3) is 6.08 Å². The number of benzene rings is 2. The van der Waals surface area contributed by atoms with Gasteiger partial charge in [0.15, 0.2) is 0 Å². The molecular weight excluding hydrogens is 335 g/mol. The van der Waals surface area contributed by atoms with E-state index in [1.54, 1.807) is 26.0 Å². The third-order valence-electron chi connectivity index (χ3n) is 3.20. The van der Waals surface area contributed by atoms with Gasteiger partial charge in [-0.2, -0.15) is 8.42 Å². The van der Waals surface area contributed by atoms with E-state index in [0.29, 0.717) is 16.7 Å². The summed E-state index contributed by atoms with van der Waals surface area (Å²) in [6.45, 7) is 3.31. The number of carbonyl (C=O) groups is 1. The van der Waals surface area contributed by atoms with Crippen molar-refractivity contribution in [2.75, 3.05) is 0 Å². The SMILES string of the molecule is Cc1cc(/C=C/C(=O)O)cc(C)c1OS(=O)(=O)c1ccc(F)cc1. The number of halogens is 1. The summed E-state index contributed by atoms with van der Waals surface area (Å²) >= 11 is 0. The van der Waals surface area contributed by atoms with Crippen molar-refractivity contribution in [1.29, 1.82) is 0 Å². The second kappa shape index (κ2) is 6.84. The molecule has 2 aromatic rings. The number of aryl methyl sites for hydroxylation is 2. The molecule has 24 heavy (non-hydrogen) atoms. The van der Waals surface area contributed by atoms with E-state index in [-0.39, 0.29) is 10.6 Å². The topological polar surface area (TPSA) is 80.7 Å². The molecule has 0 saturated carbocycles. The minimum atomic E-state index is -4.09. The number of aliphatic carboxylic acids is 1. The fourth-order valence-corrected chi connectivity index (χ4v) is 3.19. The summed E-state index contributed by atoms with van der Waals surface area (Å²) in [6, 6.07) is 7.55. The Morgan fingerprint density at radius 2 is 1.67 bits per heavy atom. The Balaban J connectivity index is 2.36. The van der Waals surface area contributed by atoms with E-state index in [2.05, 4.69) is 0 Å². The van der Waals surface area contributed by atoms with Crippen LogP contribution in [0.5, 0.6) is 5.75 Å². The molecule has 0 saturated heterocycles. The zero-order chi connectivity index (χ0) is 17.9. The quantitative estimate of drug-likeness (QED) is 0.661. The zero-order valence-electron chi connectivity index (χ0n) is 13.0. The van der Waals surface area contributed by atoms with Crippen molar-refractivity contribution in [2.45, 2.75) is 18.7 Å². The minimum absolute atomic E-state index is 0.155. The van der Waals surface area contributed by atoms with Gasteiger partial charge in [0.1, 0.15) is 16.5 Å². The van der Waals surface area contributed by atoms with Gasteiger partial charge in [0.25, 0.3) is 0 Å². The van der Waals surface area contributed by atoms with Crippen molar-refractivity contribution in [3.63, 3.8) is 0 Å². The van der Waals surface area contributed by atoms with Crippen LogP contribution in [0.2, 0.25) is 0 Å². The Labute approximate surface area is 139 Å². The Morgan fingerprint density at radius 1 is 1.12 bits per heavy atom. The van der Waals surface area contributed by atoms with Crippen molar-refractivity contribution >= 4 is 22.2 Å². The molecule has 7 heteroatoms. The molecule has 0 bridgehead atoms. The molecule has 0 heterocycles. The average Bonchev–Trinajstić information content (AvgIpc) is 2.49. The predicted octanol–water partition coefficient (Wildman–Crippen LogP) is 3.31. The van der Waals surface area contributed by atoms with Crippen LogP contribution in [0, 0.1) is 19.7 Å². The first kappa shape index (κ1) is 17.7. The van der Waals surface area contributed by atoms with Crippen LogP contribution in [0.4, 0.5) is 4.39 Å². The first-order valence-corrected chi connectivity index (χ1v) is 8.32. The molecular formula is C17H15FO5S. The second-order valence-corrected chi connectivity index (χ2v) is 6.69. The lowest BCUT2D eigenvalue weighted by Gasteiger charge is -2.13. The van der Waals surface area contributed by atoms with Crippen molar-refractivity contribution in [3.05, 3.63) is 65.0 Å². The maximum atomic E-state index is 12.9. The number of hydrogen-bond acceptors (Lipinski definition) is 4. The van der Waals surface area contributed by atoms with E-state index < -0.39 is 21.9 Å². The lowest BCUT2D eigenvalue weighted by molar-refractivity contribution is -0.131. The molecule has 1 N–H and O–H groups in total. The first-order chi connectivity index (χ1) is 11.2. The summed E-state index contributed by atoms with van der Waals surface area (Å²) in [7, 11) is -4.09. The molecule has 126 valence electrons. The smallest absolute Gasteiger partial charge is 0.339 e. The van der Waals surface area contributed by atoms with Gasteiger partial charge in [-0.25, -0.2) is 9.18 Å². The second-order valence-electron chi connectivity index (χ2n) is 5.15. The van der Waals surface area contributed by atoms with Gasteiger partial charge in [-0.05, 0) is 73.0 Å². The molecule has 0 amide bonds. The van der Waals surface area contributed by atoms with Gasteiger partial charge >= 0.3 is 16.1 Å². The molecule has 2 rings (SSSR count). The molecule has 0 aliphatic carbocycles. The minimum Gasteiger partial charge on any atom is -0.478 e. The largest absolute Gasteiger partial charge is 0.478 e. The third kappa shape index (κ3) is 4.20. The number of hydrogen-bond donors (Lipinski definition) is 1. The highest BCUT2D eigenvalue weighted by molar-refractivity contribution is 7.87. The maximum absolute atomic E-state index is 12.9. The van der Waals surface area contributed by atoms with Gasteiger partial charge in [-0.3, -0.25) is 0 Å². The summed E-state index contributed by atoms with van der Waals surface area (Å²) < 4.78 is 42.7. The Bertz CT molecular complexity index is 876. The van der Waals surface area contributed by atoms with Crippen LogP contribution in [-0.4, -0.2) is 19.5 Å². The molecule has 0 atom stereocenters. The van der Waals surface area contributed by atoms with Gasteiger partial charge in [-0.1, -0.05) is 0 Å². The zero-order valence-corrected chi connectivity index (χ0v) is 13.8. The monoisotopic (exact) mass is 350 g/mol. The molecule has 0 spiro atoms. The number of carboxylic acid groups (broad SMARTS) is 1. The lowest BCUT2D eigenvalue weighted by atomic mass is 10.1. The van der Waals surface area contributed by atoms with E-state index in [4.69, 9.17) is 9.29 Å². The predicted molar refractivity (Wildman–Crippen MR) is 86.8 cm³/mol. The highest BCUT2D eigenvalue weighted by Crippen LogP contribution is 2.28. The summed E-state index contributed by atoms with van der Waals surface area (Å²) in [5.74, 6) is -1.47. The lowest BCUT2D eigenvalue weighted by Crippen LogP contribution is -2.11. The van der Waals surface area contributed by atoms with Crippen molar-refractivity contribution in [3.8, 4) is 5.75 Å². The summed E-state index contributed by atoms with van der Waals surface area (Å²) in [5.41, 5.74) is 1.68. The van der Waals surface area contributed by atoms with Crippen molar-refractivity contribution in [1.82, 2.24) is 0 Å². The molecule has 0 aliphatic rings. The first-order valence-electron chi connectivity index (χ1n) is 6.91. The van der Waals surface area contributed by atoms with Crippen LogP contribution in [0.1, 0.15) is 16.7 Å². The van der Waals surface area contributed by atoms with E-state index in [1.807, 2.05) is 0 Å². The van der Waals surface area contributed by atoms with Crippen molar-refractivity contribution < 1.29 is 26.9 Å². The Kier molecular flexibility index (Phi) is 5.04. The van der Waals surface area contributed by atoms with Crippen LogP contribution >= 0.6 is 0 Å². The highest BCUT2D eigenvalue weighted by atomic mass is 32.2. The van der Waals surface area contributed by atoms with Crippen LogP contribution in [0.3, 0.4) is 0 Å². The fourth-order valence-electron chi connectivity index (χ4n) is 2.14. The van der Waals surface area contributed by atoms with Gasteiger partial charge in [0, 0.05) is 6.08 Å². The van der Waals surface area contributed by atoms with Gasteiger partial charge < -0.3 is 9.29 Å². The molecule has 5 nitrogen and oxygen atoms in total. The number of carboxylic acids is 1. The molecule has 0 fully saturated rings. The van der Waals surface area contributed by atoms with E-state index >= 15 is 0 Å². The van der Waals surface area contributed by atoms with Gasteiger partial charge in [0.2, 0.25) is 0 Å². The Morgan fingerprint density at radius 3 is 2.17 bits per heavy atom. The van der Waals surface area contributed by atoms with Crippen molar-refractivity contribution in [2.24, 2.45) is 0 Å². The standard InChI is InChI=1S/C17H15FO5S/c1-11-9-13(3-8-16(19)20)10-12(2)17(11)23-24(21,22)15-6-4-14(18)5-7-15/h3-10H,1-2H3,(H,19,20)/b8-3+. The van der Waals surface area contributed by atoms with Gasteiger partial charge in [0.05, 0.1) is 0 Å². The molecule has 0 unspecified atom stereocenters. The maximum Gasteiger partial charge on any atom is 0.339 e. The fraction of sp³-hybridized carbons (Fsp3) is 0.118. The molecule has 2 aromatic carbocycles. The normalized spacial score (nSPS) is 11.6. The molecule has 0 aromatic heterocycles. The van der Waals surface area contributed by atoms with Crippen LogP contribution < -0.4 is 4.18 Å².